The van der Waals surface area contributed by atoms with Gasteiger partial charge in [0.05, 0.1) is 6.61 Å². The van der Waals surface area contributed by atoms with E-state index in [2.05, 4.69) is 17.2 Å². The quantitative estimate of drug-likeness (QED) is 0.532. The average Bonchev–Trinajstić information content (AvgIpc) is 2.94. The summed E-state index contributed by atoms with van der Waals surface area (Å²) in [4.78, 5) is 41.3. The molecular weight excluding hydrogens is 350 g/mol. The molecule has 0 saturated heterocycles. The molecule has 0 aliphatic heterocycles. The van der Waals surface area contributed by atoms with Crippen LogP contribution in [0.15, 0.2) is 15.5 Å². The van der Waals surface area contributed by atoms with Crippen molar-refractivity contribution in [3.63, 3.8) is 0 Å². The maximum atomic E-state index is 12.8. The number of amides is 1. The molecule has 27 heavy (non-hydrogen) atoms. The zero-order valence-corrected chi connectivity index (χ0v) is 16.3. The van der Waals surface area contributed by atoms with Gasteiger partial charge in [0.1, 0.15) is 29.6 Å². The van der Waals surface area contributed by atoms with E-state index in [1.54, 1.807) is 13.8 Å². The van der Waals surface area contributed by atoms with Crippen molar-refractivity contribution in [2.24, 2.45) is 0 Å². The molecule has 0 saturated carbocycles. The molecule has 0 aliphatic rings. The lowest BCUT2D eigenvalue weighted by atomic mass is 10.1. The largest absolute Gasteiger partial charge is 0.462 e. The summed E-state index contributed by atoms with van der Waals surface area (Å²) in [5.41, 5.74) is -0.383. The maximum Gasteiger partial charge on any atom is 0.342 e. The number of hydrogen-bond acceptors (Lipinski definition) is 6. The number of furan rings is 1. The summed E-state index contributed by atoms with van der Waals surface area (Å²) in [5, 5.41) is 2.92. The number of ether oxygens (including phenoxy) is 1. The topological polar surface area (TPSA) is 103 Å². The van der Waals surface area contributed by atoms with E-state index < -0.39 is 11.5 Å². The Hall–Kier alpha value is -2.64. The fourth-order valence-corrected chi connectivity index (χ4v) is 2.95. The first-order valence-electron chi connectivity index (χ1n) is 9.34. The first-order chi connectivity index (χ1) is 12.9. The summed E-state index contributed by atoms with van der Waals surface area (Å²) in [6, 6.07) is 0.0303. The molecule has 0 bridgehead atoms. The second-order valence-electron chi connectivity index (χ2n) is 6.58. The summed E-state index contributed by atoms with van der Waals surface area (Å²) in [6.07, 6.45) is 5.43. The van der Waals surface area contributed by atoms with E-state index in [1.165, 1.54) is 10.9 Å². The standard InChI is InChI=1S/C19H27N3O5/c1-5-7-8-9-12(3)21-14(23)10-22-11-20-17-16(18(22)24)15(13(4)27-17)19(25)26-6-2/h11-12H,5-10H2,1-4H3,(H,21,23). The number of rotatable bonds is 9. The molecule has 1 atom stereocenters. The van der Waals surface area contributed by atoms with Crippen LogP contribution in [0, 0.1) is 6.92 Å². The van der Waals surface area contributed by atoms with E-state index in [-0.39, 0.29) is 47.5 Å². The van der Waals surface area contributed by atoms with Gasteiger partial charge in [-0.25, -0.2) is 9.78 Å². The van der Waals surface area contributed by atoms with Crippen LogP contribution < -0.4 is 10.9 Å². The minimum absolute atomic E-state index is 0.0303. The van der Waals surface area contributed by atoms with E-state index in [1.807, 2.05) is 6.92 Å². The van der Waals surface area contributed by atoms with Gasteiger partial charge in [-0.1, -0.05) is 26.2 Å². The zero-order valence-electron chi connectivity index (χ0n) is 16.3. The molecule has 1 N–H and O–H groups in total. The molecule has 2 aromatic heterocycles. The Bertz CT molecular complexity index is 868. The second kappa shape index (κ2) is 9.34. The Morgan fingerprint density at radius 1 is 1.33 bits per heavy atom. The fraction of sp³-hybridized carbons (Fsp3) is 0.579. The van der Waals surface area contributed by atoms with Crippen LogP contribution in [0.3, 0.4) is 0 Å². The molecule has 2 rings (SSSR count). The van der Waals surface area contributed by atoms with Gasteiger partial charge in [-0.3, -0.25) is 14.2 Å². The number of unbranched alkanes of at least 4 members (excludes halogenated alkanes) is 2. The average molecular weight is 377 g/mol. The van der Waals surface area contributed by atoms with Crippen LogP contribution in [-0.2, 0) is 16.1 Å². The molecule has 0 aromatic carbocycles. The van der Waals surface area contributed by atoms with Crippen LogP contribution in [0.2, 0.25) is 0 Å². The van der Waals surface area contributed by atoms with Crippen molar-refractivity contribution in [1.29, 1.82) is 0 Å². The molecule has 0 aliphatic carbocycles. The highest BCUT2D eigenvalue weighted by molar-refractivity contribution is 6.03. The van der Waals surface area contributed by atoms with Crippen molar-refractivity contribution in [2.75, 3.05) is 6.61 Å². The van der Waals surface area contributed by atoms with Crippen LogP contribution >= 0.6 is 0 Å². The molecule has 0 fully saturated rings. The fourth-order valence-electron chi connectivity index (χ4n) is 2.95. The van der Waals surface area contributed by atoms with Gasteiger partial charge in [0.25, 0.3) is 5.56 Å². The third-order valence-corrected chi connectivity index (χ3v) is 4.30. The van der Waals surface area contributed by atoms with Crippen molar-refractivity contribution < 1.29 is 18.7 Å². The summed E-state index contributed by atoms with van der Waals surface area (Å²) in [7, 11) is 0. The van der Waals surface area contributed by atoms with Crippen molar-refractivity contribution in [3.8, 4) is 0 Å². The first kappa shape index (κ1) is 20.7. The van der Waals surface area contributed by atoms with E-state index in [4.69, 9.17) is 9.15 Å². The molecule has 1 amide bonds. The Kier molecular flexibility index (Phi) is 7.15. The van der Waals surface area contributed by atoms with Crippen molar-refractivity contribution in [2.45, 2.75) is 66.0 Å². The van der Waals surface area contributed by atoms with E-state index in [0.29, 0.717) is 0 Å². The van der Waals surface area contributed by atoms with Gasteiger partial charge in [0, 0.05) is 6.04 Å². The molecule has 1 unspecified atom stereocenters. The molecule has 2 aromatic rings. The SMILES string of the molecule is CCCCCC(C)NC(=O)Cn1cnc2oc(C)c(C(=O)OCC)c2c1=O. The minimum Gasteiger partial charge on any atom is -0.462 e. The molecule has 2 heterocycles. The Morgan fingerprint density at radius 2 is 2.07 bits per heavy atom. The van der Waals surface area contributed by atoms with Crippen molar-refractivity contribution >= 4 is 23.0 Å². The number of hydrogen-bond donors (Lipinski definition) is 1. The summed E-state index contributed by atoms with van der Waals surface area (Å²) >= 11 is 0. The minimum atomic E-state index is -0.639. The van der Waals surface area contributed by atoms with Crippen molar-refractivity contribution in [1.82, 2.24) is 14.9 Å². The number of carbonyl (C=O) groups excluding carboxylic acids is 2. The number of nitrogens with zero attached hydrogens (tertiary/aromatic N) is 2. The van der Waals surface area contributed by atoms with E-state index in [9.17, 15) is 14.4 Å². The van der Waals surface area contributed by atoms with Gasteiger partial charge in [-0.2, -0.15) is 0 Å². The highest BCUT2D eigenvalue weighted by Gasteiger charge is 2.24. The second-order valence-corrected chi connectivity index (χ2v) is 6.58. The van der Waals surface area contributed by atoms with E-state index in [0.717, 1.165) is 25.7 Å². The van der Waals surface area contributed by atoms with Crippen LogP contribution in [-0.4, -0.2) is 34.1 Å². The Morgan fingerprint density at radius 3 is 2.74 bits per heavy atom. The molecule has 8 heteroatoms. The van der Waals surface area contributed by atoms with Crippen LogP contribution in [0.1, 0.15) is 62.6 Å². The van der Waals surface area contributed by atoms with E-state index >= 15 is 0 Å². The number of aromatic nitrogens is 2. The Balaban J connectivity index is 2.21. The normalized spacial score (nSPS) is 12.1. The molecule has 148 valence electrons. The summed E-state index contributed by atoms with van der Waals surface area (Å²) in [6.45, 7) is 7.32. The van der Waals surface area contributed by atoms with Crippen LogP contribution in [0.5, 0.6) is 0 Å². The lowest BCUT2D eigenvalue weighted by Crippen LogP contribution is -2.37. The number of fused-ring (bicyclic) bond motifs is 1. The highest BCUT2D eigenvalue weighted by Crippen LogP contribution is 2.21. The molecule has 8 nitrogen and oxygen atoms in total. The van der Waals surface area contributed by atoms with Gasteiger partial charge in [-0.05, 0) is 27.2 Å². The van der Waals surface area contributed by atoms with Crippen LogP contribution in [0.25, 0.3) is 11.1 Å². The van der Waals surface area contributed by atoms with Gasteiger partial charge < -0.3 is 14.5 Å². The lowest BCUT2D eigenvalue weighted by molar-refractivity contribution is -0.122. The third kappa shape index (κ3) is 4.96. The smallest absolute Gasteiger partial charge is 0.342 e. The van der Waals surface area contributed by atoms with Gasteiger partial charge in [-0.15, -0.1) is 0 Å². The lowest BCUT2D eigenvalue weighted by Gasteiger charge is -2.14. The van der Waals surface area contributed by atoms with Gasteiger partial charge in [0.15, 0.2) is 0 Å². The van der Waals surface area contributed by atoms with Gasteiger partial charge in [0.2, 0.25) is 11.6 Å². The summed E-state index contributed by atoms with van der Waals surface area (Å²) in [5.74, 6) is -0.653. The highest BCUT2D eigenvalue weighted by atomic mass is 16.5. The maximum absolute atomic E-state index is 12.8. The molecule has 0 spiro atoms. The van der Waals surface area contributed by atoms with Crippen molar-refractivity contribution in [3.05, 3.63) is 28.0 Å². The Labute approximate surface area is 157 Å². The number of nitrogens with one attached hydrogen (secondary N) is 1. The molecular formula is C19H27N3O5. The third-order valence-electron chi connectivity index (χ3n) is 4.30. The predicted molar refractivity (Wildman–Crippen MR) is 101 cm³/mol. The first-order valence-corrected chi connectivity index (χ1v) is 9.34. The number of aryl methyl sites for hydroxylation is 1. The predicted octanol–water partition coefficient (Wildman–Crippen LogP) is 2.56. The number of esters is 1. The summed E-state index contributed by atoms with van der Waals surface area (Å²) < 4.78 is 11.6. The van der Waals surface area contributed by atoms with Gasteiger partial charge >= 0.3 is 5.97 Å². The zero-order chi connectivity index (χ0) is 20.0. The van der Waals surface area contributed by atoms with Crippen LogP contribution in [0.4, 0.5) is 0 Å². The number of carbonyl (C=O) groups is 2. The monoisotopic (exact) mass is 377 g/mol. The molecule has 0 radical (unpaired) electrons.